The number of rotatable bonds is 1. The molecule has 0 aliphatic rings. The van der Waals surface area contributed by atoms with Crippen LogP contribution >= 0.6 is 0 Å². The number of nitrogens with zero attached hydrogens (tertiary/aromatic N) is 2. The first-order valence-corrected chi connectivity index (χ1v) is 3.91. The molecule has 0 fully saturated rings. The van der Waals surface area contributed by atoms with Gasteiger partial charge in [0.2, 0.25) is 0 Å². The fourth-order valence-electron chi connectivity index (χ4n) is 0.725. The van der Waals surface area contributed by atoms with Gasteiger partial charge < -0.3 is 10.3 Å². The Morgan fingerprint density at radius 1 is 1.21 bits per heavy atom. The Morgan fingerprint density at radius 3 is 1.93 bits per heavy atom. The molecule has 0 spiro atoms. The first-order valence-electron chi connectivity index (χ1n) is 3.91. The molecule has 6 heteroatoms. The van der Waals surface area contributed by atoms with Crippen LogP contribution in [0.1, 0.15) is 27.7 Å². The van der Waals surface area contributed by atoms with E-state index < -0.39 is 12.7 Å². The van der Waals surface area contributed by atoms with Gasteiger partial charge in [-0.3, -0.25) is 0 Å². The van der Waals surface area contributed by atoms with Crippen LogP contribution in [0, 0.1) is 0 Å². The molecule has 0 N–H and O–H groups in total. The Bertz CT molecular complexity index is 194. The molecule has 0 aromatic rings. The van der Waals surface area contributed by atoms with E-state index in [1.165, 1.54) is 6.92 Å². The van der Waals surface area contributed by atoms with Gasteiger partial charge in [-0.15, -0.1) is 0 Å². The smallest absolute Gasteiger partial charge is 0.388 e. The van der Waals surface area contributed by atoms with Crippen LogP contribution in [-0.4, -0.2) is 24.1 Å². The van der Waals surface area contributed by atoms with Crippen molar-refractivity contribution in [3.05, 3.63) is 5.32 Å². The van der Waals surface area contributed by atoms with Gasteiger partial charge in [0.15, 0.2) is 0 Å². The second kappa shape index (κ2) is 5.69. The summed E-state index contributed by atoms with van der Waals surface area (Å²) in [6.45, 7) is 5.73. The average Bonchev–Trinajstić information content (AvgIpc) is 1.78. The SMILES string of the molecule is CC(=NC(C)(C)C)[N-]CC(F)(F)F.[Zn]. The normalized spacial score (nSPS) is 13.5. The van der Waals surface area contributed by atoms with E-state index in [4.69, 9.17) is 0 Å². The summed E-state index contributed by atoms with van der Waals surface area (Å²) in [4.78, 5) is 3.96. The van der Waals surface area contributed by atoms with Crippen LogP contribution < -0.4 is 0 Å². The molecule has 0 aliphatic carbocycles. The summed E-state index contributed by atoms with van der Waals surface area (Å²) in [5.41, 5.74) is -0.376. The van der Waals surface area contributed by atoms with Crippen molar-refractivity contribution in [2.45, 2.75) is 39.4 Å². The molecule has 0 amide bonds. The maximum absolute atomic E-state index is 11.7. The fraction of sp³-hybridized carbons (Fsp3) is 0.875. The van der Waals surface area contributed by atoms with Gasteiger partial charge in [0.25, 0.3) is 0 Å². The molecule has 0 aromatic heterocycles. The first kappa shape index (κ1) is 16.3. The molecule has 0 rings (SSSR count). The minimum atomic E-state index is -4.24. The Kier molecular flexibility index (Phi) is 6.63. The molecular weight excluding hydrogens is 246 g/mol. The van der Waals surface area contributed by atoms with Crippen LogP contribution in [0.15, 0.2) is 4.99 Å². The van der Waals surface area contributed by atoms with Crippen molar-refractivity contribution in [3.63, 3.8) is 0 Å². The summed E-state index contributed by atoms with van der Waals surface area (Å²) in [6, 6.07) is 0. The molecule has 0 heterocycles. The molecule has 0 bridgehead atoms. The third-order valence-corrected chi connectivity index (χ3v) is 0.984. The Morgan fingerprint density at radius 2 is 1.64 bits per heavy atom. The van der Waals surface area contributed by atoms with Gasteiger partial charge in [0, 0.05) is 26.0 Å². The van der Waals surface area contributed by atoms with Crippen LogP contribution in [0.4, 0.5) is 13.2 Å². The van der Waals surface area contributed by atoms with Gasteiger partial charge in [0.1, 0.15) is 0 Å². The summed E-state index contributed by atoms with van der Waals surface area (Å²) in [6.07, 6.45) is -4.24. The molecule has 0 radical (unpaired) electrons. The Hall–Kier alpha value is -0.117. The number of amidine groups is 1. The monoisotopic (exact) mass is 259 g/mol. The molecule has 0 saturated heterocycles. The van der Waals surface area contributed by atoms with Gasteiger partial charge in [-0.1, -0.05) is 26.6 Å². The zero-order chi connectivity index (χ0) is 10.7. The van der Waals surface area contributed by atoms with Crippen LogP contribution in [0.25, 0.3) is 5.32 Å². The predicted molar refractivity (Wildman–Crippen MR) is 47.1 cm³/mol. The minimum absolute atomic E-state index is 0. The van der Waals surface area contributed by atoms with E-state index in [2.05, 4.69) is 10.3 Å². The van der Waals surface area contributed by atoms with Crippen molar-refractivity contribution in [1.29, 1.82) is 0 Å². The van der Waals surface area contributed by atoms with Gasteiger partial charge in [-0.25, -0.2) is 0 Å². The van der Waals surface area contributed by atoms with Crippen molar-refractivity contribution >= 4 is 5.84 Å². The first-order chi connectivity index (χ1) is 5.60. The summed E-state index contributed by atoms with van der Waals surface area (Å²) in [5.74, 6) is 0.185. The van der Waals surface area contributed by atoms with E-state index in [1.54, 1.807) is 20.8 Å². The molecule has 2 nitrogen and oxygen atoms in total. The van der Waals surface area contributed by atoms with Gasteiger partial charge >= 0.3 is 6.18 Å². The summed E-state index contributed by atoms with van der Waals surface area (Å²) in [5, 5.41) is 3.31. The topological polar surface area (TPSA) is 26.5 Å². The number of hydrogen-bond donors (Lipinski definition) is 0. The van der Waals surface area contributed by atoms with Crippen LogP contribution in [0.2, 0.25) is 0 Å². The second-order valence-electron chi connectivity index (χ2n) is 3.76. The molecular formula is C8H14F3N2Zn-. The summed E-state index contributed by atoms with van der Waals surface area (Å²) < 4.78 is 35.1. The standard InChI is InChI=1S/C8H14F3N2.Zn/c1-6(13-7(2,3)4)12-5-8(9,10)11;/h5H2,1-4H3;/q-1;. The van der Waals surface area contributed by atoms with Crippen LogP contribution in [-0.2, 0) is 19.5 Å². The summed E-state index contributed by atoms with van der Waals surface area (Å²) in [7, 11) is 0. The Balaban J connectivity index is 0. The zero-order valence-electron chi connectivity index (χ0n) is 8.94. The van der Waals surface area contributed by atoms with Crippen LogP contribution in [0.3, 0.4) is 0 Å². The van der Waals surface area contributed by atoms with Crippen molar-refractivity contribution in [1.82, 2.24) is 0 Å². The van der Waals surface area contributed by atoms with Crippen molar-refractivity contribution in [3.8, 4) is 0 Å². The van der Waals surface area contributed by atoms with E-state index in [9.17, 15) is 13.2 Å². The van der Waals surface area contributed by atoms with Crippen molar-refractivity contribution in [2.24, 2.45) is 4.99 Å². The van der Waals surface area contributed by atoms with Crippen molar-refractivity contribution in [2.75, 3.05) is 6.54 Å². The molecule has 0 aliphatic heterocycles. The molecule has 14 heavy (non-hydrogen) atoms. The summed E-state index contributed by atoms with van der Waals surface area (Å²) >= 11 is 0. The quantitative estimate of drug-likeness (QED) is 0.393. The van der Waals surface area contributed by atoms with E-state index in [1.807, 2.05) is 0 Å². The Labute approximate surface area is 95.1 Å². The predicted octanol–water partition coefficient (Wildman–Crippen LogP) is 3.14. The van der Waals surface area contributed by atoms with Gasteiger partial charge in [0.05, 0.1) is 0 Å². The molecule has 0 saturated carbocycles. The van der Waals surface area contributed by atoms with E-state index in [-0.39, 0.29) is 30.9 Å². The molecule has 0 unspecified atom stereocenters. The third-order valence-electron chi connectivity index (χ3n) is 0.984. The third kappa shape index (κ3) is 11.9. The molecule has 0 aromatic carbocycles. The van der Waals surface area contributed by atoms with Gasteiger partial charge in [-0.2, -0.15) is 13.2 Å². The zero-order valence-corrected chi connectivity index (χ0v) is 11.9. The number of hydrogen-bond acceptors (Lipinski definition) is 1. The second-order valence-corrected chi connectivity index (χ2v) is 3.76. The van der Waals surface area contributed by atoms with E-state index in [0.29, 0.717) is 0 Å². The van der Waals surface area contributed by atoms with E-state index >= 15 is 0 Å². The number of aliphatic imine (C=N–C) groups is 1. The fourth-order valence-corrected chi connectivity index (χ4v) is 0.725. The van der Waals surface area contributed by atoms with Gasteiger partial charge in [-0.05, 0) is 12.5 Å². The molecule has 80 valence electrons. The average molecular weight is 261 g/mol. The maximum Gasteiger partial charge on any atom is 0.388 e. The number of halogens is 3. The maximum atomic E-state index is 11.7. The van der Waals surface area contributed by atoms with E-state index in [0.717, 1.165) is 0 Å². The molecule has 0 atom stereocenters. The van der Waals surface area contributed by atoms with Crippen molar-refractivity contribution < 1.29 is 32.6 Å². The largest absolute Gasteiger partial charge is 0.464 e. The van der Waals surface area contributed by atoms with Crippen LogP contribution in [0.5, 0.6) is 0 Å². The number of alkyl halides is 3. The minimum Gasteiger partial charge on any atom is -0.464 e.